The highest BCUT2D eigenvalue weighted by Gasteiger charge is 2.27. The van der Waals surface area contributed by atoms with Gasteiger partial charge >= 0.3 is 0 Å². The molecule has 1 saturated carbocycles. The first-order valence-corrected chi connectivity index (χ1v) is 9.57. The van der Waals surface area contributed by atoms with E-state index in [-0.39, 0.29) is 5.91 Å². The molecular weight excluding hydrogens is 314 g/mol. The number of hydrogen-bond donors (Lipinski definition) is 2. The van der Waals surface area contributed by atoms with Crippen molar-refractivity contribution >= 4 is 11.6 Å². The van der Waals surface area contributed by atoms with Gasteiger partial charge in [0.25, 0.3) is 0 Å². The van der Waals surface area contributed by atoms with E-state index in [1.807, 2.05) is 12.1 Å². The summed E-state index contributed by atoms with van der Waals surface area (Å²) in [5.41, 5.74) is 1.20. The average molecular weight is 345 g/mol. The van der Waals surface area contributed by atoms with E-state index in [1.165, 1.54) is 18.5 Å². The van der Waals surface area contributed by atoms with Crippen LogP contribution >= 0.6 is 0 Å². The first-order valence-electron chi connectivity index (χ1n) is 9.57. The van der Waals surface area contributed by atoms with E-state index in [9.17, 15) is 4.79 Å². The summed E-state index contributed by atoms with van der Waals surface area (Å²) in [4.78, 5) is 13.6. The van der Waals surface area contributed by atoms with Crippen LogP contribution in [0.15, 0.2) is 24.3 Å². The van der Waals surface area contributed by atoms with Crippen LogP contribution in [0, 0.1) is 0 Å². The summed E-state index contributed by atoms with van der Waals surface area (Å²) in [5, 5.41) is 6.93. The third-order valence-corrected chi connectivity index (χ3v) is 5.45. The molecule has 2 N–H and O–H groups in total. The molecule has 0 bridgehead atoms. The van der Waals surface area contributed by atoms with Crippen LogP contribution in [-0.4, -0.2) is 44.2 Å². The van der Waals surface area contributed by atoms with Gasteiger partial charge in [-0.1, -0.05) is 12.1 Å². The molecule has 0 radical (unpaired) electrons. The quantitative estimate of drug-likeness (QED) is 0.861. The molecule has 1 saturated heterocycles. The van der Waals surface area contributed by atoms with Gasteiger partial charge in [-0.3, -0.25) is 4.79 Å². The molecule has 2 fully saturated rings. The molecule has 5 nitrogen and oxygen atoms in total. The van der Waals surface area contributed by atoms with Crippen LogP contribution in [0.4, 0.5) is 5.69 Å². The number of anilines is 1. The zero-order valence-electron chi connectivity index (χ0n) is 15.5. The minimum Gasteiger partial charge on any atom is -0.495 e. The first kappa shape index (κ1) is 18.1. The predicted octanol–water partition coefficient (Wildman–Crippen LogP) is 2.70. The molecule has 1 aliphatic carbocycles. The summed E-state index contributed by atoms with van der Waals surface area (Å²) in [5.74, 6) is 1.05. The van der Waals surface area contributed by atoms with Gasteiger partial charge in [0.2, 0.25) is 5.91 Å². The molecule has 1 aliphatic heterocycles. The van der Waals surface area contributed by atoms with Crippen LogP contribution in [0.1, 0.15) is 45.4 Å². The highest BCUT2D eigenvalue weighted by molar-refractivity contribution is 5.73. The Morgan fingerprint density at radius 3 is 2.52 bits per heavy atom. The van der Waals surface area contributed by atoms with Crippen molar-refractivity contribution in [2.24, 2.45) is 0 Å². The summed E-state index contributed by atoms with van der Waals surface area (Å²) in [6.45, 7) is 3.73. The van der Waals surface area contributed by atoms with Crippen LogP contribution in [0.2, 0.25) is 0 Å². The molecule has 3 rings (SSSR count). The summed E-state index contributed by atoms with van der Waals surface area (Å²) < 4.78 is 5.53. The van der Waals surface area contributed by atoms with Gasteiger partial charge in [-0.2, -0.15) is 0 Å². The average Bonchev–Trinajstić information content (AvgIpc) is 2.63. The SMILES string of the molecule is COc1ccccc1N1CCC[C@@H](NC2CCC(NC(C)=O)CC2)C1. The van der Waals surface area contributed by atoms with Crippen molar-refractivity contribution in [3.8, 4) is 5.75 Å². The lowest BCUT2D eigenvalue weighted by molar-refractivity contribution is -0.119. The molecule has 1 aromatic rings. The molecule has 0 spiro atoms. The molecule has 2 aliphatic rings. The second-order valence-electron chi connectivity index (χ2n) is 7.37. The van der Waals surface area contributed by atoms with E-state index in [2.05, 4.69) is 27.7 Å². The topological polar surface area (TPSA) is 53.6 Å². The number of rotatable bonds is 5. The Balaban J connectivity index is 1.52. The van der Waals surface area contributed by atoms with Crippen LogP contribution < -0.4 is 20.3 Å². The number of ether oxygens (including phenoxy) is 1. The van der Waals surface area contributed by atoms with Crippen LogP contribution in [0.25, 0.3) is 0 Å². The van der Waals surface area contributed by atoms with Gasteiger partial charge in [-0.25, -0.2) is 0 Å². The molecule has 25 heavy (non-hydrogen) atoms. The minimum absolute atomic E-state index is 0.0936. The number of para-hydroxylation sites is 2. The normalized spacial score (nSPS) is 27.0. The third kappa shape index (κ3) is 4.88. The number of nitrogens with one attached hydrogen (secondary N) is 2. The second-order valence-corrected chi connectivity index (χ2v) is 7.37. The van der Waals surface area contributed by atoms with E-state index in [0.29, 0.717) is 18.1 Å². The van der Waals surface area contributed by atoms with Crippen LogP contribution in [-0.2, 0) is 4.79 Å². The number of carbonyl (C=O) groups is 1. The van der Waals surface area contributed by atoms with Crippen molar-refractivity contribution < 1.29 is 9.53 Å². The Bertz CT molecular complexity index is 570. The van der Waals surface area contributed by atoms with E-state index < -0.39 is 0 Å². The standard InChI is InChI=1S/C20H31N3O2/c1-15(24)21-16-9-11-17(12-10-16)22-18-6-5-13-23(14-18)19-7-3-4-8-20(19)25-2/h3-4,7-8,16-18,22H,5-6,9-14H2,1-2H3,(H,21,24)/t16?,17?,18-/m1/s1. The maximum absolute atomic E-state index is 11.2. The first-order chi connectivity index (χ1) is 12.2. The van der Waals surface area contributed by atoms with E-state index in [1.54, 1.807) is 14.0 Å². The lowest BCUT2D eigenvalue weighted by atomic mass is 9.90. The van der Waals surface area contributed by atoms with Gasteiger partial charge in [-0.15, -0.1) is 0 Å². The fourth-order valence-corrected chi connectivity index (χ4v) is 4.25. The molecule has 138 valence electrons. The second kappa shape index (κ2) is 8.56. The van der Waals surface area contributed by atoms with Crippen molar-refractivity contribution in [2.75, 3.05) is 25.1 Å². The van der Waals surface area contributed by atoms with Crippen molar-refractivity contribution in [2.45, 2.75) is 63.6 Å². The summed E-state index contributed by atoms with van der Waals surface area (Å²) in [6, 6.07) is 9.77. The molecular formula is C20H31N3O2. The van der Waals surface area contributed by atoms with Crippen molar-refractivity contribution in [1.29, 1.82) is 0 Å². The monoisotopic (exact) mass is 345 g/mol. The number of amides is 1. The lowest BCUT2D eigenvalue weighted by Gasteiger charge is -2.38. The fourth-order valence-electron chi connectivity index (χ4n) is 4.25. The summed E-state index contributed by atoms with van der Waals surface area (Å²) in [7, 11) is 1.74. The zero-order chi connectivity index (χ0) is 17.6. The van der Waals surface area contributed by atoms with Crippen molar-refractivity contribution in [3.05, 3.63) is 24.3 Å². The summed E-state index contributed by atoms with van der Waals surface area (Å²) in [6.07, 6.45) is 6.90. The third-order valence-electron chi connectivity index (χ3n) is 5.45. The van der Waals surface area contributed by atoms with Gasteiger partial charge in [0.1, 0.15) is 5.75 Å². The van der Waals surface area contributed by atoms with Crippen molar-refractivity contribution in [3.63, 3.8) is 0 Å². The van der Waals surface area contributed by atoms with E-state index in [0.717, 1.165) is 44.5 Å². The lowest BCUT2D eigenvalue weighted by Crippen LogP contribution is -2.51. The molecule has 1 atom stereocenters. The smallest absolute Gasteiger partial charge is 0.217 e. The number of carbonyl (C=O) groups excluding carboxylic acids is 1. The Morgan fingerprint density at radius 1 is 1.08 bits per heavy atom. The van der Waals surface area contributed by atoms with Gasteiger partial charge in [-0.05, 0) is 50.7 Å². The van der Waals surface area contributed by atoms with Gasteiger partial charge in [0.15, 0.2) is 0 Å². The molecule has 5 heteroatoms. The Labute approximate surface area is 151 Å². The molecule has 1 aromatic carbocycles. The fraction of sp³-hybridized carbons (Fsp3) is 0.650. The zero-order valence-corrected chi connectivity index (χ0v) is 15.5. The van der Waals surface area contributed by atoms with Crippen LogP contribution in [0.3, 0.4) is 0 Å². The van der Waals surface area contributed by atoms with Crippen molar-refractivity contribution in [1.82, 2.24) is 10.6 Å². The number of hydrogen-bond acceptors (Lipinski definition) is 4. The Hall–Kier alpha value is -1.75. The number of nitrogens with zero attached hydrogens (tertiary/aromatic N) is 1. The molecule has 0 aromatic heterocycles. The number of methoxy groups -OCH3 is 1. The number of piperidine rings is 1. The highest BCUT2D eigenvalue weighted by Crippen LogP contribution is 2.30. The van der Waals surface area contributed by atoms with Gasteiger partial charge in [0.05, 0.1) is 12.8 Å². The predicted molar refractivity (Wildman–Crippen MR) is 101 cm³/mol. The maximum atomic E-state index is 11.2. The van der Waals surface area contributed by atoms with Gasteiger partial charge in [0, 0.05) is 38.1 Å². The van der Waals surface area contributed by atoms with E-state index in [4.69, 9.17) is 4.74 Å². The minimum atomic E-state index is 0.0936. The Kier molecular flexibility index (Phi) is 6.19. The maximum Gasteiger partial charge on any atom is 0.217 e. The molecule has 1 heterocycles. The Morgan fingerprint density at radius 2 is 1.80 bits per heavy atom. The highest BCUT2D eigenvalue weighted by atomic mass is 16.5. The number of benzene rings is 1. The van der Waals surface area contributed by atoms with Gasteiger partial charge < -0.3 is 20.3 Å². The summed E-state index contributed by atoms with van der Waals surface area (Å²) >= 11 is 0. The van der Waals surface area contributed by atoms with E-state index >= 15 is 0 Å². The van der Waals surface area contributed by atoms with Crippen LogP contribution in [0.5, 0.6) is 5.75 Å². The molecule has 1 amide bonds. The molecule has 0 unspecified atom stereocenters. The largest absolute Gasteiger partial charge is 0.495 e.